The highest BCUT2D eigenvalue weighted by Crippen LogP contribution is 2.35. The summed E-state index contributed by atoms with van der Waals surface area (Å²) in [5.74, 6) is -0.125. The molecule has 2 amide bonds. The lowest BCUT2D eigenvalue weighted by Gasteiger charge is -2.32. The molecule has 2 aliphatic rings. The van der Waals surface area contributed by atoms with E-state index in [0.29, 0.717) is 69.1 Å². The Morgan fingerprint density at radius 1 is 1.20 bits per heavy atom. The Morgan fingerprint density at radius 2 is 1.98 bits per heavy atom. The van der Waals surface area contributed by atoms with E-state index in [4.69, 9.17) is 32.9 Å². The number of carbonyl (C=O) groups excluding carboxylic acids is 2. The first kappa shape index (κ1) is 28.7. The molecule has 0 saturated carbocycles. The molecule has 10 nitrogen and oxygen atoms in total. The number of aliphatic hydroxyl groups is 1. The monoisotopic (exact) mass is 596 g/mol. The topological polar surface area (TPSA) is 134 Å². The second-order valence-electron chi connectivity index (χ2n) is 10.3. The van der Waals surface area contributed by atoms with Crippen LogP contribution in [-0.2, 0) is 13.0 Å². The second-order valence-corrected chi connectivity index (χ2v) is 11.1. The smallest absolute Gasteiger partial charge is 0.254 e. The summed E-state index contributed by atoms with van der Waals surface area (Å²) in [7, 11) is 0. The first-order valence-corrected chi connectivity index (χ1v) is 14.2. The van der Waals surface area contributed by atoms with Crippen molar-refractivity contribution >= 4 is 51.9 Å². The summed E-state index contributed by atoms with van der Waals surface area (Å²) in [5, 5.41) is 26.3. The van der Waals surface area contributed by atoms with Crippen LogP contribution in [0.1, 0.15) is 51.6 Å². The van der Waals surface area contributed by atoms with E-state index in [2.05, 4.69) is 15.6 Å². The van der Waals surface area contributed by atoms with Gasteiger partial charge in [-0.3, -0.25) is 9.59 Å². The molecule has 2 aromatic carbocycles. The number of rotatable bonds is 5. The number of likely N-dealkylation sites (tertiary alicyclic amines) is 1. The maximum Gasteiger partial charge on any atom is 0.254 e. The SMILES string of the molecule is CC(CN/C(=N\C#N)N1CCC(O)CC1)NC(=O)c1c(Cl)cc2c(c1Cl)CCN(C(=O)c1ccc3ccoc3c1)C2. The fraction of sp³-hybridized carbons (Fsp3) is 0.379. The number of aliphatic hydroxyl groups excluding tert-OH is 1. The molecule has 5 rings (SSSR count). The number of guanidine groups is 1. The Morgan fingerprint density at radius 3 is 2.73 bits per heavy atom. The molecule has 12 heteroatoms. The Kier molecular flexibility index (Phi) is 8.68. The van der Waals surface area contributed by atoms with Crippen molar-refractivity contribution in [2.75, 3.05) is 26.2 Å². The number of fused-ring (bicyclic) bond motifs is 2. The molecule has 3 heterocycles. The minimum atomic E-state index is -0.415. The fourth-order valence-electron chi connectivity index (χ4n) is 5.24. The van der Waals surface area contributed by atoms with Crippen LogP contribution in [0.25, 0.3) is 11.0 Å². The van der Waals surface area contributed by atoms with Crippen LogP contribution in [0.4, 0.5) is 0 Å². The summed E-state index contributed by atoms with van der Waals surface area (Å²) < 4.78 is 5.44. The quantitative estimate of drug-likeness (QED) is 0.231. The number of nitrogens with zero attached hydrogens (tertiary/aromatic N) is 4. The van der Waals surface area contributed by atoms with Gasteiger partial charge in [0, 0.05) is 49.7 Å². The Hall–Kier alpha value is -3.78. The van der Waals surface area contributed by atoms with Crippen LogP contribution in [0.15, 0.2) is 46.0 Å². The number of furan rings is 1. The number of benzene rings is 2. The summed E-state index contributed by atoms with van der Waals surface area (Å²) in [6, 6.07) is 8.59. The zero-order valence-electron chi connectivity index (χ0n) is 22.5. The second kappa shape index (κ2) is 12.4. The third-order valence-electron chi connectivity index (χ3n) is 7.49. The van der Waals surface area contributed by atoms with Crippen molar-refractivity contribution in [3.05, 3.63) is 68.9 Å². The van der Waals surface area contributed by atoms with Crippen LogP contribution in [0.5, 0.6) is 0 Å². The van der Waals surface area contributed by atoms with Crippen LogP contribution < -0.4 is 10.6 Å². The largest absolute Gasteiger partial charge is 0.464 e. The highest BCUT2D eigenvalue weighted by atomic mass is 35.5. The van der Waals surface area contributed by atoms with Gasteiger partial charge in [0.05, 0.1) is 28.0 Å². The molecular formula is C29H30Cl2N6O4. The molecule has 41 heavy (non-hydrogen) atoms. The molecular weight excluding hydrogens is 567 g/mol. The highest BCUT2D eigenvalue weighted by Gasteiger charge is 2.28. The first-order chi connectivity index (χ1) is 19.7. The fourth-order valence-corrected chi connectivity index (χ4v) is 6.01. The zero-order valence-corrected chi connectivity index (χ0v) is 24.0. The van der Waals surface area contributed by atoms with Crippen molar-refractivity contribution in [1.29, 1.82) is 5.26 Å². The van der Waals surface area contributed by atoms with Gasteiger partial charge in [0.15, 0.2) is 0 Å². The number of carbonyl (C=O) groups is 2. The van der Waals surface area contributed by atoms with E-state index in [1.165, 1.54) is 0 Å². The Bertz CT molecular complexity index is 1540. The van der Waals surface area contributed by atoms with Crippen LogP contribution in [-0.4, -0.2) is 71.0 Å². The van der Waals surface area contributed by atoms with E-state index >= 15 is 0 Å². The lowest BCUT2D eigenvalue weighted by Crippen LogP contribution is -2.50. The molecule has 1 unspecified atom stereocenters. The van der Waals surface area contributed by atoms with Crippen LogP contribution in [0.3, 0.4) is 0 Å². The number of nitriles is 1. The van der Waals surface area contributed by atoms with Gasteiger partial charge in [-0.25, -0.2) is 0 Å². The third kappa shape index (κ3) is 6.27. The van der Waals surface area contributed by atoms with Crippen molar-refractivity contribution in [2.45, 2.75) is 44.9 Å². The van der Waals surface area contributed by atoms with Gasteiger partial charge in [-0.05, 0) is 61.6 Å². The molecule has 1 fully saturated rings. The average Bonchev–Trinajstić information content (AvgIpc) is 3.43. The van der Waals surface area contributed by atoms with Crippen molar-refractivity contribution in [3.63, 3.8) is 0 Å². The minimum absolute atomic E-state index is 0.121. The van der Waals surface area contributed by atoms with E-state index in [1.807, 2.05) is 24.0 Å². The molecule has 1 saturated heterocycles. The minimum Gasteiger partial charge on any atom is -0.464 e. The molecule has 0 aliphatic carbocycles. The third-order valence-corrected chi connectivity index (χ3v) is 8.20. The van der Waals surface area contributed by atoms with Crippen molar-refractivity contribution < 1.29 is 19.1 Å². The summed E-state index contributed by atoms with van der Waals surface area (Å²) in [6.07, 6.45) is 4.73. The Balaban J connectivity index is 1.23. The lowest BCUT2D eigenvalue weighted by atomic mass is 9.96. The van der Waals surface area contributed by atoms with Crippen LogP contribution in [0.2, 0.25) is 10.0 Å². The van der Waals surface area contributed by atoms with Gasteiger partial charge < -0.3 is 30.0 Å². The summed E-state index contributed by atoms with van der Waals surface area (Å²) >= 11 is 13.3. The lowest BCUT2D eigenvalue weighted by molar-refractivity contribution is 0.0734. The van der Waals surface area contributed by atoms with Crippen molar-refractivity contribution in [1.82, 2.24) is 20.4 Å². The van der Waals surface area contributed by atoms with Gasteiger partial charge in [0.25, 0.3) is 11.8 Å². The first-order valence-electron chi connectivity index (χ1n) is 13.5. The standard InChI is InChI=1S/C29H30Cl2N6O4/c1-17(14-33-29(34-16-32)36-8-4-21(38)5-9-36)35-27(39)25-23(30)12-20-15-37(10-6-22(20)26(25)31)28(40)19-3-2-18-7-11-41-24(18)13-19/h2-3,7,11-13,17,21,38H,4-6,8-10,14-15H2,1H3,(H,33,34)(H,35,39). The van der Waals surface area contributed by atoms with Gasteiger partial charge in [-0.1, -0.05) is 29.3 Å². The van der Waals surface area contributed by atoms with Gasteiger partial charge in [-0.15, -0.1) is 4.99 Å². The van der Waals surface area contributed by atoms with E-state index < -0.39 is 5.91 Å². The average molecular weight is 598 g/mol. The normalized spacial score (nSPS) is 16.7. The van der Waals surface area contributed by atoms with Crippen molar-refractivity contribution in [3.8, 4) is 6.19 Å². The summed E-state index contributed by atoms with van der Waals surface area (Å²) in [4.78, 5) is 34.0. The summed E-state index contributed by atoms with van der Waals surface area (Å²) in [5.41, 5.74) is 2.98. The Labute approximate surface area is 247 Å². The van der Waals surface area contributed by atoms with Crippen LogP contribution >= 0.6 is 23.2 Å². The molecule has 2 aliphatic heterocycles. The number of hydrogen-bond acceptors (Lipinski definition) is 6. The van der Waals surface area contributed by atoms with E-state index in [1.54, 1.807) is 35.6 Å². The van der Waals surface area contributed by atoms with E-state index in [9.17, 15) is 14.7 Å². The van der Waals surface area contributed by atoms with Gasteiger partial charge >= 0.3 is 0 Å². The number of piperidine rings is 1. The molecule has 0 radical (unpaired) electrons. The molecule has 0 bridgehead atoms. The molecule has 3 aromatic rings. The van der Waals surface area contributed by atoms with E-state index in [-0.39, 0.29) is 33.7 Å². The maximum atomic E-state index is 13.2. The van der Waals surface area contributed by atoms with Crippen LogP contribution in [0, 0.1) is 11.5 Å². The summed E-state index contributed by atoms with van der Waals surface area (Å²) in [6.45, 7) is 4.06. The number of amides is 2. The maximum absolute atomic E-state index is 13.2. The molecule has 3 N–H and O–H groups in total. The number of hydrogen-bond donors (Lipinski definition) is 3. The number of halogens is 2. The molecule has 1 aromatic heterocycles. The number of aliphatic imine (C=N–C) groups is 1. The van der Waals surface area contributed by atoms with E-state index in [0.717, 1.165) is 16.5 Å². The number of nitrogens with one attached hydrogen (secondary N) is 2. The van der Waals surface area contributed by atoms with Gasteiger partial charge in [0.2, 0.25) is 12.2 Å². The van der Waals surface area contributed by atoms with Gasteiger partial charge in [-0.2, -0.15) is 5.26 Å². The predicted octanol–water partition coefficient (Wildman–Crippen LogP) is 3.94. The van der Waals surface area contributed by atoms with Gasteiger partial charge in [0.1, 0.15) is 5.58 Å². The molecule has 0 spiro atoms. The molecule has 214 valence electrons. The zero-order chi connectivity index (χ0) is 29.1. The van der Waals surface area contributed by atoms with Crippen molar-refractivity contribution in [2.24, 2.45) is 4.99 Å². The molecule has 1 atom stereocenters. The highest BCUT2D eigenvalue weighted by molar-refractivity contribution is 6.40. The predicted molar refractivity (Wildman–Crippen MR) is 156 cm³/mol.